The van der Waals surface area contributed by atoms with Gasteiger partial charge in [-0.2, -0.15) is 0 Å². The molecule has 0 spiro atoms. The molecule has 0 aliphatic rings. The van der Waals surface area contributed by atoms with E-state index in [9.17, 15) is 9.59 Å². The van der Waals surface area contributed by atoms with Crippen molar-refractivity contribution in [3.05, 3.63) is 21.4 Å². The van der Waals surface area contributed by atoms with Gasteiger partial charge in [-0.15, -0.1) is 11.3 Å². The van der Waals surface area contributed by atoms with Crippen LogP contribution in [0, 0.1) is 18.8 Å². The molecule has 1 atom stereocenters. The Morgan fingerprint density at radius 2 is 2.14 bits per heavy atom. The molecular formula is C15H20N2O3S. The molecule has 5 nitrogen and oxygen atoms in total. The Bertz CT molecular complexity index is 581. The quantitative estimate of drug-likeness (QED) is 0.815. The zero-order valence-corrected chi connectivity index (χ0v) is 13.5. The molecule has 1 aromatic rings. The lowest BCUT2D eigenvalue weighted by molar-refractivity contribution is -0.130. The van der Waals surface area contributed by atoms with E-state index in [4.69, 9.17) is 5.11 Å². The van der Waals surface area contributed by atoms with Gasteiger partial charge in [-0.1, -0.05) is 11.8 Å². The molecule has 0 saturated heterocycles. The van der Waals surface area contributed by atoms with Gasteiger partial charge in [0.2, 0.25) is 5.91 Å². The molecule has 2 N–H and O–H groups in total. The van der Waals surface area contributed by atoms with Gasteiger partial charge in [0.25, 0.3) is 5.91 Å². The molecule has 2 amide bonds. The SMILES string of the molecule is Cc1cc(C(=O)NC(C)C(=O)N(C)C)sc1C#CCCO. The molecular weight excluding hydrogens is 288 g/mol. The van der Waals surface area contributed by atoms with Crippen molar-refractivity contribution >= 4 is 23.2 Å². The maximum atomic E-state index is 12.1. The minimum absolute atomic E-state index is 0.0227. The molecule has 1 aromatic heterocycles. The number of aliphatic hydroxyl groups is 1. The van der Waals surface area contributed by atoms with Crippen molar-refractivity contribution in [1.82, 2.24) is 10.2 Å². The van der Waals surface area contributed by atoms with Crippen molar-refractivity contribution in [2.75, 3.05) is 20.7 Å². The van der Waals surface area contributed by atoms with Crippen molar-refractivity contribution in [3.63, 3.8) is 0 Å². The summed E-state index contributed by atoms with van der Waals surface area (Å²) in [6.45, 7) is 3.56. The van der Waals surface area contributed by atoms with Crippen LogP contribution in [0.4, 0.5) is 0 Å². The van der Waals surface area contributed by atoms with Gasteiger partial charge in [0.05, 0.1) is 16.4 Å². The van der Waals surface area contributed by atoms with E-state index in [0.29, 0.717) is 11.3 Å². The topological polar surface area (TPSA) is 69.6 Å². The highest BCUT2D eigenvalue weighted by Gasteiger charge is 2.19. The number of amides is 2. The van der Waals surface area contributed by atoms with Crippen molar-refractivity contribution < 1.29 is 14.7 Å². The van der Waals surface area contributed by atoms with E-state index in [-0.39, 0.29) is 18.4 Å². The average molecular weight is 308 g/mol. The maximum Gasteiger partial charge on any atom is 0.262 e. The van der Waals surface area contributed by atoms with E-state index in [1.807, 2.05) is 6.92 Å². The maximum absolute atomic E-state index is 12.1. The second-order valence-electron chi connectivity index (χ2n) is 4.83. The zero-order chi connectivity index (χ0) is 16.0. The van der Waals surface area contributed by atoms with E-state index >= 15 is 0 Å². The van der Waals surface area contributed by atoms with Gasteiger partial charge >= 0.3 is 0 Å². The highest BCUT2D eigenvalue weighted by Crippen LogP contribution is 2.21. The van der Waals surface area contributed by atoms with Gasteiger partial charge < -0.3 is 15.3 Å². The molecule has 0 aliphatic heterocycles. The number of hydrogen-bond donors (Lipinski definition) is 2. The molecule has 1 heterocycles. The summed E-state index contributed by atoms with van der Waals surface area (Å²) in [4.78, 5) is 26.6. The molecule has 6 heteroatoms. The average Bonchev–Trinajstić information content (AvgIpc) is 2.79. The smallest absolute Gasteiger partial charge is 0.262 e. The number of aryl methyl sites for hydroxylation is 1. The minimum atomic E-state index is -0.571. The first-order valence-electron chi connectivity index (χ1n) is 6.59. The molecule has 0 fully saturated rings. The number of likely N-dealkylation sites (N-methyl/N-ethyl adjacent to an activating group) is 1. The molecule has 1 rings (SSSR count). The van der Waals surface area contributed by atoms with Crippen LogP contribution in [0.1, 0.15) is 33.5 Å². The van der Waals surface area contributed by atoms with E-state index in [1.165, 1.54) is 16.2 Å². The van der Waals surface area contributed by atoms with Gasteiger partial charge in [-0.25, -0.2) is 0 Å². The molecule has 0 radical (unpaired) electrons. The lowest BCUT2D eigenvalue weighted by Gasteiger charge is -2.17. The number of carbonyl (C=O) groups is 2. The van der Waals surface area contributed by atoms with Gasteiger partial charge in [0, 0.05) is 20.5 Å². The molecule has 0 saturated carbocycles. The Labute approximate surface area is 129 Å². The molecule has 0 bridgehead atoms. The van der Waals surface area contributed by atoms with Crippen LogP contribution in [0.5, 0.6) is 0 Å². The molecule has 114 valence electrons. The summed E-state index contributed by atoms with van der Waals surface area (Å²) in [5.74, 6) is 5.34. The predicted octanol–water partition coefficient (Wildman–Crippen LogP) is 0.997. The van der Waals surface area contributed by atoms with Crippen LogP contribution < -0.4 is 5.32 Å². The first kappa shape index (κ1) is 17.2. The number of nitrogens with one attached hydrogen (secondary N) is 1. The number of thiophene rings is 1. The lowest BCUT2D eigenvalue weighted by atomic mass is 10.2. The second-order valence-corrected chi connectivity index (χ2v) is 5.88. The van der Waals surface area contributed by atoms with E-state index in [2.05, 4.69) is 17.2 Å². The van der Waals surface area contributed by atoms with Crippen LogP contribution >= 0.6 is 11.3 Å². The third-order valence-electron chi connectivity index (χ3n) is 2.74. The van der Waals surface area contributed by atoms with Crippen LogP contribution in [0.2, 0.25) is 0 Å². The third-order valence-corrected chi connectivity index (χ3v) is 3.89. The van der Waals surface area contributed by atoms with Crippen molar-refractivity contribution in [1.29, 1.82) is 0 Å². The minimum Gasteiger partial charge on any atom is -0.395 e. The number of hydrogen-bond acceptors (Lipinski definition) is 4. The van der Waals surface area contributed by atoms with Crippen molar-refractivity contribution in [3.8, 4) is 11.8 Å². The first-order valence-corrected chi connectivity index (χ1v) is 7.40. The number of rotatable bonds is 4. The van der Waals surface area contributed by atoms with Crippen LogP contribution in [-0.4, -0.2) is 48.6 Å². The Balaban J connectivity index is 2.78. The van der Waals surface area contributed by atoms with Gasteiger partial charge in [-0.3, -0.25) is 9.59 Å². The highest BCUT2D eigenvalue weighted by atomic mass is 32.1. The molecule has 21 heavy (non-hydrogen) atoms. The third kappa shape index (κ3) is 4.88. The normalized spacial score (nSPS) is 11.3. The van der Waals surface area contributed by atoms with Crippen LogP contribution in [0.15, 0.2) is 6.07 Å². The Morgan fingerprint density at radius 1 is 1.48 bits per heavy atom. The number of carbonyl (C=O) groups excluding carboxylic acids is 2. The number of nitrogens with zero attached hydrogens (tertiary/aromatic N) is 1. The summed E-state index contributed by atoms with van der Waals surface area (Å²) in [5.41, 5.74) is 0.919. The fourth-order valence-electron chi connectivity index (χ4n) is 1.63. The van der Waals surface area contributed by atoms with E-state index < -0.39 is 6.04 Å². The molecule has 1 unspecified atom stereocenters. The van der Waals surface area contributed by atoms with Crippen LogP contribution in [0.25, 0.3) is 0 Å². The van der Waals surface area contributed by atoms with Crippen molar-refractivity contribution in [2.24, 2.45) is 0 Å². The zero-order valence-electron chi connectivity index (χ0n) is 12.7. The summed E-state index contributed by atoms with van der Waals surface area (Å²) in [6.07, 6.45) is 0.410. The fraction of sp³-hybridized carbons (Fsp3) is 0.467. The Morgan fingerprint density at radius 3 is 2.71 bits per heavy atom. The summed E-state index contributed by atoms with van der Waals surface area (Å²) in [7, 11) is 3.30. The van der Waals surface area contributed by atoms with Crippen LogP contribution in [-0.2, 0) is 4.79 Å². The van der Waals surface area contributed by atoms with Gasteiger partial charge in [-0.05, 0) is 25.5 Å². The summed E-state index contributed by atoms with van der Waals surface area (Å²) < 4.78 is 0. The number of aliphatic hydroxyl groups excluding tert-OH is 1. The summed E-state index contributed by atoms with van der Waals surface area (Å²) in [5, 5.41) is 11.4. The monoisotopic (exact) mass is 308 g/mol. The van der Waals surface area contributed by atoms with Gasteiger partial charge in [0.15, 0.2) is 0 Å². The largest absolute Gasteiger partial charge is 0.395 e. The summed E-state index contributed by atoms with van der Waals surface area (Å²) in [6, 6.07) is 1.19. The van der Waals surface area contributed by atoms with Crippen LogP contribution in [0.3, 0.4) is 0 Å². The summed E-state index contributed by atoms with van der Waals surface area (Å²) >= 11 is 1.29. The van der Waals surface area contributed by atoms with E-state index in [0.717, 1.165) is 10.4 Å². The lowest BCUT2D eigenvalue weighted by Crippen LogP contribution is -2.44. The first-order chi connectivity index (χ1) is 9.86. The van der Waals surface area contributed by atoms with E-state index in [1.54, 1.807) is 27.1 Å². The van der Waals surface area contributed by atoms with Crippen molar-refractivity contribution in [2.45, 2.75) is 26.3 Å². The molecule has 0 aromatic carbocycles. The van der Waals surface area contributed by atoms with Gasteiger partial charge in [0.1, 0.15) is 6.04 Å². The Hall–Kier alpha value is -1.84. The fourth-order valence-corrected chi connectivity index (χ4v) is 2.58. The predicted molar refractivity (Wildman–Crippen MR) is 83.3 cm³/mol. The highest BCUT2D eigenvalue weighted by molar-refractivity contribution is 7.14. The standard InChI is InChI=1S/C15H20N2O3S/c1-10-9-13(21-12(10)7-5-6-8-18)14(19)16-11(2)15(20)17(3)4/h9,11,18H,6,8H2,1-4H3,(H,16,19). The second kappa shape index (κ2) is 7.81. The Kier molecular flexibility index (Phi) is 6.40. The molecule has 0 aliphatic carbocycles.